The molecule has 3 aromatic rings. The number of methoxy groups -OCH3 is 1. The highest BCUT2D eigenvalue weighted by Crippen LogP contribution is 2.20. The minimum Gasteiger partial charge on any atom is -0.496 e. The Bertz CT molecular complexity index is 1090. The maximum absolute atomic E-state index is 12.7. The van der Waals surface area contributed by atoms with E-state index in [-0.39, 0.29) is 17.9 Å². The molecule has 0 saturated carbocycles. The minimum absolute atomic E-state index is 0.0526. The molecule has 1 N–H and O–H groups in total. The summed E-state index contributed by atoms with van der Waals surface area (Å²) in [4.78, 5) is 27.3. The number of piperidine rings is 1. The molecule has 0 unspecified atom stereocenters. The lowest BCUT2D eigenvalue weighted by molar-refractivity contribution is -0.131. The van der Waals surface area contributed by atoms with Crippen LogP contribution in [0.1, 0.15) is 34.3 Å². The van der Waals surface area contributed by atoms with Gasteiger partial charge in [0.15, 0.2) is 0 Å². The van der Waals surface area contributed by atoms with Gasteiger partial charge in [-0.1, -0.05) is 48.5 Å². The van der Waals surface area contributed by atoms with Crippen LogP contribution in [0.4, 0.5) is 0 Å². The molecule has 6 nitrogen and oxygen atoms in total. The lowest BCUT2D eigenvalue weighted by Gasteiger charge is -2.32. The number of benzene rings is 3. The first kappa shape index (κ1) is 23.4. The van der Waals surface area contributed by atoms with Crippen molar-refractivity contribution in [2.45, 2.75) is 31.9 Å². The Morgan fingerprint density at radius 3 is 2.29 bits per heavy atom. The SMILES string of the molecule is COc1ccccc1CC(=O)N1CCC(NC(=O)c2ccc(OCc3ccccc3)cc2)CC1. The van der Waals surface area contributed by atoms with Gasteiger partial charge in [-0.25, -0.2) is 0 Å². The molecule has 4 rings (SSSR count). The van der Waals surface area contributed by atoms with Crippen LogP contribution >= 0.6 is 0 Å². The number of hydrogen-bond donors (Lipinski definition) is 1. The Balaban J connectivity index is 1.23. The zero-order chi connectivity index (χ0) is 23.8. The number of amides is 2. The summed E-state index contributed by atoms with van der Waals surface area (Å²) in [5, 5.41) is 3.10. The van der Waals surface area contributed by atoms with Crippen molar-refractivity contribution in [2.24, 2.45) is 0 Å². The van der Waals surface area contributed by atoms with Crippen molar-refractivity contribution in [2.75, 3.05) is 20.2 Å². The van der Waals surface area contributed by atoms with Crippen molar-refractivity contribution < 1.29 is 19.1 Å². The summed E-state index contributed by atoms with van der Waals surface area (Å²) >= 11 is 0. The Hall–Kier alpha value is -3.80. The number of likely N-dealkylation sites (tertiary alicyclic amines) is 1. The lowest BCUT2D eigenvalue weighted by atomic mass is 10.0. The Morgan fingerprint density at radius 2 is 1.59 bits per heavy atom. The third-order valence-corrected chi connectivity index (χ3v) is 6.08. The first-order valence-corrected chi connectivity index (χ1v) is 11.6. The lowest BCUT2D eigenvalue weighted by Crippen LogP contribution is -2.47. The van der Waals surface area contributed by atoms with E-state index in [0.717, 1.165) is 35.5 Å². The van der Waals surface area contributed by atoms with E-state index in [1.807, 2.05) is 71.6 Å². The van der Waals surface area contributed by atoms with Crippen LogP contribution in [0.3, 0.4) is 0 Å². The van der Waals surface area contributed by atoms with Crippen molar-refractivity contribution in [3.05, 3.63) is 95.6 Å². The smallest absolute Gasteiger partial charge is 0.251 e. The summed E-state index contributed by atoms with van der Waals surface area (Å²) in [5.74, 6) is 1.44. The van der Waals surface area contributed by atoms with E-state index >= 15 is 0 Å². The van der Waals surface area contributed by atoms with Crippen LogP contribution in [0, 0.1) is 0 Å². The molecule has 1 saturated heterocycles. The van der Waals surface area contributed by atoms with E-state index in [1.165, 1.54) is 0 Å². The van der Waals surface area contributed by atoms with Crippen LogP contribution in [0.5, 0.6) is 11.5 Å². The summed E-state index contributed by atoms with van der Waals surface area (Å²) in [6, 6.07) is 24.8. The second kappa shape index (κ2) is 11.4. The van der Waals surface area contributed by atoms with Gasteiger partial charge in [-0.3, -0.25) is 9.59 Å². The second-order valence-electron chi connectivity index (χ2n) is 8.42. The number of nitrogens with one attached hydrogen (secondary N) is 1. The molecule has 34 heavy (non-hydrogen) atoms. The zero-order valence-corrected chi connectivity index (χ0v) is 19.4. The van der Waals surface area contributed by atoms with Crippen molar-refractivity contribution >= 4 is 11.8 Å². The predicted octanol–water partition coefficient (Wildman–Crippen LogP) is 4.24. The van der Waals surface area contributed by atoms with Crippen molar-refractivity contribution in [3.63, 3.8) is 0 Å². The van der Waals surface area contributed by atoms with Crippen LogP contribution in [0.25, 0.3) is 0 Å². The van der Waals surface area contributed by atoms with Crippen LogP contribution in [-0.4, -0.2) is 43.0 Å². The Morgan fingerprint density at radius 1 is 0.912 bits per heavy atom. The summed E-state index contributed by atoms with van der Waals surface area (Å²) in [6.07, 6.45) is 1.79. The fourth-order valence-corrected chi connectivity index (χ4v) is 4.11. The number of ether oxygens (including phenoxy) is 2. The summed E-state index contributed by atoms with van der Waals surface area (Å²) in [7, 11) is 1.61. The third-order valence-electron chi connectivity index (χ3n) is 6.08. The second-order valence-corrected chi connectivity index (χ2v) is 8.42. The molecule has 1 heterocycles. The molecule has 6 heteroatoms. The largest absolute Gasteiger partial charge is 0.496 e. The maximum Gasteiger partial charge on any atom is 0.251 e. The molecule has 0 aromatic heterocycles. The first-order chi connectivity index (χ1) is 16.6. The predicted molar refractivity (Wildman–Crippen MR) is 131 cm³/mol. The van der Waals surface area contributed by atoms with Gasteiger partial charge in [0.1, 0.15) is 18.1 Å². The molecule has 1 fully saturated rings. The standard InChI is InChI=1S/C28H30N2O4/c1-33-26-10-6-5-9-23(26)19-27(31)30-17-15-24(16-18-30)29-28(32)22-11-13-25(14-12-22)34-20-21-7-3-2-4-8-21/h2-14,24H,15-20H2,1H3,(H,29,32). The minimum atomic E-state index is -0.103. The number of carbonyl (C=O) groups excluding carboxylic acids is 2. The average Bonchev–Trinajstić information content (AvgIpc) is 2.89. The Kier molecular flexibility index (Phi) is 7.81. The summed E-state index contributed by atoms with van der Waals surface area (Å²) in [5.41, 5.74) is 2.58. The molecule has 1 aliphatic heterocycles. The third kappa shape index (κ3) is 6.16. The first-order valence-electron chi connectivity index (χ1n) is 11.6. The van der Waals surface area contributed by atoms with Crippen LogP contribution in [0.2, 0.25) is 0 Å². The van der Waals surface area contributed by atoms with Gasteiger partial charge in [0.25, 0.3) is 5.91 Å². The van der Waals surface area contributed by atoms with Gasteiger partial charge in [-0.05, 0) is 48.7 Å². The van der Waals surface area contributed by atoms with Gasteiger partial charge in [0, 0.05) is 30.3 Å². The molecule has 176 valence electrons. The maximum atomic E-state index is 12.7. The number of carbonyl (C=O) groups is 2. The molecule has 3 aromatic carbocycles. The highest BCUT2D eigenvalue weighted by Gasteiger charge is 2.24. The number of para-hydroxylation sites is 1. The monoisotopic (exact) mass is 458 g/mol. The van der Waals surface area contributed by atoms with Crippen LogP contribution in [-0.2, 0) is 17.8 Å². The summed E-state index contributed by atoms with van der Waals surface area (Å²) < 4.78 is 11.1. The topological polar surface area (TPSA) is 67.9 Å². The highest BCUT2D eigenvalue weighted by molar-refractivity contribution is 5.94. The van der Waals surface area contributed by atoms with Gasteiger partial charge in [0.05, 0.1) is 13.5 Å². The molecule has 0 radical (unpaired) electrons. The summed E-state index contributed by atoms with van der Waals surface area (Å²) in [6.45, 7) is 1.75. The van der Waals surface area contributed by atoms with E-state index < -0.39 is 0 Å². The molecular weight excluding hydrogens is 428 g/mol. The normalized spacial score (nSPS) is 13.9. The zero-order valence-electron chi connectivity index (χ0n) is 19.4. The number of rotatable bonds is 8. The van der Waals surface area contributed by atoms with Crippen molar-refractivity contribution in [1.82, 2.24) is 10.2 Å². The van der Waals surface area contributed by atoms with E-state index in [0.29, 0.717) is 31.7 Å². The molecule has 0 aliphatic carbocycles. The fourth-order valence-electron chi connectivity index (χ4n) is 4.11. The Labute approximate surface area is 200 Å². The fraction of sp³-hybridized carbons (Fsp3) is 0.286. The van der Waals surface area contributed by atoms with Crippen LogP contribution in [0.15, 0.2) is 78.9 Å². The van der Waals surface area contributed by atoms with Crippen LogP contribution < -0.4 is 14.8 Å². The average molecular weight is 459 g/mol. The number of hydrogen-bond acceptors (Lipinski definition) is 4. The quantitative estimate of drug-likeness (QED) is 0.548. The van der Waals surface area contributed by atoms with E-state index in [1.54, 1.807) is 19.2 Å². The molecule has 1 aliphatic rings. The molecule has 0 bridgehead atoms. The molecule has 0 spiro atoms. The van der Waals surface area contributed by atoms with E-state index in [9.17, 15) is 9.59 Å². The highest BCUT2D eigenvalue weighted by atomic mass is 16.5. The number of nitrogens with zero attached hydrogens (tertiary/aromatic N) is 1. The van der Waals surface area contributed by atoms with Gasteiger partial charge < -0.3 is 19.7 Å². The molecule has 0 atom stereocenters. The van der Waals surface area contributed by atoms with E-state index in [4.69, 9.17) is 9.47 Å². The van der Waals surface area contributed by atoms with Crippen molar-refractivity contribution in [1.29, 1.82) is 0 Å². The molecule has 2 amide bonds. The van der Waals surface area contributed by atoms with Gasteiger partial charge in [-0.2, -0.15) is 0 Å². The molecular formula is C28H30N2O4. The van der Waals surface area contributed by atoms with Gasteiger partial charge in [0.2, 0.25) is 5.91 Å². The van der Waals surface area contributed by atoms with E-state index in [2.05, 4.69) is 5.32 Å². The van der Waals surface area contributed by atoms with Gasteiger partial charge in [-0.15, -0.1) is 0 Å². The van der Waals surface area contributed by atoms with Crippen molar-refractivity contribution in [3.8, 4) is 11.5 Å². The van der Waals surface area contributed by atoms with Gasteiger partial charge >= 0.3 is 0 Å².